The molecule has 4 rings (SSSR count). The molecule has 1 heterocycles. The van der Waals surface area contributed by atoms with Crippen LogP contribution in [0.1, 0.15) is 18.4 Å². The smallest absolute Gasteiger partial charge is 0.0780 e. The van der Waals surface area contributed by atoms with Gasteiger partial charge in [0, 0.05) is 29.7 Å². The summed E-state index contributed by atoms with van der Waals surface area (Å²) in [5, 5.41) is 4.74. The summed E-state index contributed by atoms with van der Waals surface area (Å²) in [7, 11) is 0. The van der Waals surface area contributed by atoms with Crippen LogP contribution in [0.2, 0.25) is 0 Å². The summed E-state index contributed by atoms with van der Waals surface area (Å²) in [6, 6.07) is 20.0. The third-order valence-corrected chi connectivity index (χ3v) is 4.07. The highest BCUT2D eigenvalue weighted by molar-refractivity contribution is 5.93. The van der Waals surface area contributed by atoms with Gasteiger partial charge in [-0.05, 0) is 30.0 Å². The molecule has 0 unspecified atom stereocenters. The van der Waals surface area contributed by atoms with E-state index in [1.54, 1.807) is 0 Å². The quantitative estimate of drug-likeness (QED) is 0.773. The fourth-order valence-electron chi connectivity index (χ4n) is 2.69. The van der Waals surface area contributed by atoms with Crippen molar-refractivity contribution in [1.82, 2.24) is 10.3 Å². The Bertz CT molecular complexity index is 753. The van der Waals surface area contributed by atoms with Gasteiger partial charge in [-0.15, -0.1) is 0 Å². The number of hydrogen-bond acceptors (Lipinski definition) is 2. The molecule has 0 bridgehead atoms. The van der Waals surface area contributed by atoms with Crippen molar-refractivity contribution in [3.8, 4) is 11.1 Å². The van der Waals surface area contributed by atoms with Crippen molar-refractivity contribution in [2.45, 2.75) is 25.4 Å². The SMILES string of the molecule is c1cnc2c(-c3ccc(CNC4CC4)cc3)cccc2c1. The van der Waals surface area contributed by atoms with E-state index in [0.717, 1.165) is 18.1 Å². The molecule has 0 saturated heterocycles. The lowest BCUT2D eigenvalue weighted by Crippen LogP contribution is -2.14. The monoisotopic (exact) mass is 274 g/mol. The Morgan fingerprint density at radius 3 is 2.57 bits per heavy atom. The molecule has 1 aliphatic rings. The van der Waals surface area contributed by atoms with Crippen molar-refractivity contribution in [3.63, 3.8) is 0 Å². The van der Waals surface area contributed by atoms with Gasteiger partial charge in [-0.3, -0.25) is 4.98 Å². The largest absolute Gasteiger partial charge is 0.310 e. The first kappa shape index (κ1) is 12.5. The first-order chi connectivity index (χ1) is 10.4. The molecule has 1 aliphatic carbocycles. The number of benzene rings is 2. The second kappa shape index (κ2) is 5.30. The van der Waals surface area contributed by atoms with Gasteiger partial charge in [0.25, 0.3) is 0 Å². The van der Waals surface area contributed by atoms with Gasteiger partial charge in [0.2, 0.25) is 0 Å². The van der Waals surface area contributed by atoms with E-state index >= 15 is 0 Å². The molecule has 21 heavy (non-hydrogen) atoms. The Morgan fingerprint density at radius 2 is 1.76 bits per heavy atom. The molecule has 0 amide bonds. The van der Waals surface area contributed by atoms with E-state index in [9.17, 15) is 0 Å². The fourth-order valence-corrected chi connectivity index (χ4v) is 2.69. The Kier molecular flexibility index (Phi) is 3.17. The Labute approximate surface area is 124 Å². The maximum absolute atomic E-state index is 4.54. The van der Waals surface area contributed by atoms with Crippen LogP contribution in [0.25, 0.3) is 22.0 Å². The van der Waals surface area contributed by atoms with Crippen LogP contribution in [0.3, 0.4) is 0 Å². The summed E-state index contributed by atoms with van der Waals surface area (Å²) in [5.74, 6) is 0. The molecule has 2 aromatic carbocycles. The Hall–Kier alpha value is -2.19. The van der Waals surface area contributed by atoms with E-state index in [1.165, 1.54) is 34.9 Å². The number of pyridine rings is 1. The summed E-state index contributed by atoms with van der Waals surface area (Å²) in [4.78, 5) is 4.54. The number of aromatic nitrogens is 1. The van der Waals surface area contributed by atoms with E-state index in [-0.39, 0.29) is 0 Å². The lowest BCUT2D eigenvalue weighted by molar-refractivity contribution is 0.688. The van der Waals surface area contributed by atoms with Crippen LogP contribution in [0.4, 0.5) is 0 Å². The normalized spacial score (nSPS) is 14.5. The molecule has 0 aliphatic heterocycles. The maximum atomic E-state index is 4.54. The number of fused-ring (bicyclic) bond motifs is 1. The van der Waals surface area contributed by atoms with Crippen molar-refractivity contribution in [2.24, 2.45) is 0 Å². The number of hydrogen-bond donors (Lipinski definition) is 1. The molecule has 0 atom stereocenters. The molecular weight excluding hydrogens is 256 g/mol. The first-order valence-electron chi connectivity index (χ1n) is 7.56. The van der Waals surface area contributed by atoms with Crippen LogP contribution in [0.5, 0.6) is 0 Å². The number of para-hydroxylation sites is 1. The van der Waals surface area contributed by atoms with E-state index in [2.05, 4.69) is 58.8 Å². The minimum absolute atomic E-state index is 0.756. The summed E-state index contributed by atoms with van der Waals surface area (Å²) >= 11 is 0. The van der Waals surface area contributed by atoms with Gasteiger partial charge in [0.1, 0.15) is 0 Å². The molecule has 104 valence electrons. The van der Waals surface area contributed by atoms with Gasteiger partial charge >= 0.3 is 0 Å². The zero-order valence-corrected chi connectivity index (χ0v) is 11.9. The highest BCUT2D eigenvalue weighted by atomic mass is 14.9. The zero-order chi connectivity index (χ0) is 14.1. The standard InChI is InChI=1S/C19H18N2/c1-3-16-4-2-12-20-19(16)18(5-1)15-8-6-14(7-9-15)13-21-17-10-11-17/h1-9,12,17,21H,10-11,13H2. The average molecular weight is 274 g/mol. The topological polar surface area (TPSA) is 24.9 Å². The van der Waals surface area contributed by atoms with Crippen molar-refractivity contribution in [3.05, 3.63) is 66.4 Å². The molecule has 1 N–H and O–H groups in total. The summed E-state index contributed by atoms with van der Waals surface area (Å²) in [6.07, 6.45) is 4.53. The molecule has 0 spiro atoms. The van der Waals surface area contributed by atoms with E-state index in [1.807, 2.05) is 12.3 Å². The third-order valence-electron chi connectivity index (χ3n) is 4.07. The van der Waals surface area contributed by atoms with Crippen LogP contribution in [0.15, 0.2) is 60.8 Å². The summed E-state index contributed by atoms with van der Waals surface area (Å²) in [5.41, 5.74) is 4.85. The van der Waals surface area contributed by atoms with Crippen molar-refractivity contribution in [2.75, 3.05) is 0 Å². The fraction of sp³-hybridized carbons (Fsp3) is 0.211. The Morgan fingerprint density at radius 1 is 0.952 bits per heavy atom. The van der Waals surface area contributed by atoms with Gasteiger partial charge < -0.3 is 5.32 Å². The van der Waals surface area contributed by atoms with Crippen molar-refractivity contribution in [1.29, 1.82) is 0 Å². The van der Waals surface area contributed by atoms with Gasteiger partial charge in [-0.25, -0.2) is 0 Å². The van der Waals surface area contributed by atoms with Crippen molar-refractivity contribution < 1.29 is 0 Å². The van der Waals surface area contributed by atoms with Gasteiger partial charge in [-0.1, -0.05) is 48.5 Å². The first-order valence-corrected chi connectivity index (χ1v) is 7.56. The maximum Gasteiger partial charge on any atom is 0.0780 e. The molecule has 1 saturated carbocycles. The number of nitrogens with one attached hydrogen (secondary N) is 1. The molecule has 3 aromatic rings. The van der Waals surface area contributed by atoms with Crippen LogP contribution < -0.4 is 5.32 Å². The molecule has 0 radical (unpaired) electrons. The third kappa shape index (κ3) is 2.67. The van der Waals surface area contributed by atoms with Gasteiger partial charge in [0.15, 0.2) is 0 Å². The number of nitrogens with zero attached hydrogens (tertiary/aromatic N) is 1. The highest BCUT2D eigenvalue weighted by Crippen LogP contribution is 2.27. The average Bonchev–Trinajstić information content (AvgIpc) is 3.37. The summed E-state index contributed by atoms with van der Waals surface area (Å²) < 4.78 is 0. The van der Waals surface area contributed by atoms with Gasteiger partial charge in [0.05, 0.1) is 5.52 Å². The number of rotatable bonds is 4. The minimum atomic E-state index is 0.756. The zero-order valence-electron chi connectivity index (χ0n) is 11.9. The molecule has 2 nitrogen and oxygen atoms in total. The van der Waals surface area contributed by atoms with Crippen molar-refractivity contribution >= 4 is 10.9 Å². The molecule has 2 heteroatoms. The Balaban J connectivity index is 1.65. The van der Waals surface area contributed by atoms with Crippen LogP contribution >= 0.6 is 0 Å². The molecular formula is C19H18N2. The molecule has 1 fully saturated rings. The second-order valence-corrected chi connectivity index (χ2v) is 5.73. The lowest BCUT2D eigenvalue weighted by atomic mass is 10.0. The predicted molar refractivity (Wildman–Crippen MR) is 87.0 cm³/mol. The van der Waals surface area contributed by atoms with Crippen LogP contribution in [-0.2, 0) is 6.54 Å². The van der Waals surface area contributed by atoms with Crippen LogP contribution in [0, 0.1) is 0 Å². The second-order valence-electron chi connectivity index (χ2n) is 5.73. The van der Waals surface area contributed by atoms with E-state index < -0.39 is 0 Å². The lowest BCUT2D eigenvalue weighted by Gasteiger charge is -2.08. The predicted octanol–water partition coefficient (Wildman–Crippen LogP) is 4.15. The van der Waals surface area contributed by atoms with E-state index in [0.29, 0.717) is 0 Å². The highest BCUT2D eigenvalue weighted by Gasteiger charge is 2.19. The summed E-state index contributed by atoms with van der Waals surface area (Å²) in [6.45, 7) is 0.971. The van der Waals surface area contributed by atoms with Crippen LogP contribution in [-0.4, -0.2) is 11.0 Å². The van der Waals surface area contributed by atoms with Gasteiger partial charge in [-0.2, -0.15) is 0 Å². The van der Waals surface area contributed by atoms with E-state index in [4.69, 9.17) is 0 Å². The minimum Gasteiger partial charge on any atom is -0.310 e. The molecule has 1 aromatic heterocycles.